The lowest BCUT2D eigenvalue weighted by Crippen LogP contribution is -2.32. The number of esters is 1. The molecule has 1 aromatic rings. The molecule has 0 radical (unpaired) electrons. The van der Waals surface area contributed by atoms with E-state index in [0.717, 1.165) is 0 Å². The quantitative estimate of drug-likeness (QED) is 0.559. The minimum atomic E-state index is -0.442. The van der Waals surface area contributed by atoms with Crippen molar-refractivity contribution >= 4 is 17.6 Å². The summed E-state index contributed by atoms with van der Waals surface area (Å²) in [5, 5.41) is 5.58. The molecule has 0 aliphatic heterocycles. The van der Waals surface area contributed by atoms with Gasteiger partial charge in [0.15, 0.2) is 0 Å². The molecule has 0 unspecified atom stereocenters. The van der Waals surface area contributed by atoms with Crippen LogP contribution in [0.15, 0.2) is 24.3 Å². The van der Waals surface area contributed by atoms with Crippen LogP contribution in [0.1, 0.15) is 10.4 Å². The van der Waals surface area contributed by atoms with Crippen LogP contribution in [0, 0.1) is 0 Å². The third-order valence-electron chi connectivity index (χ3n) is 2.40. The van der Waals surface area contributed by atoms with Gasteiger partial charge in [-0.1, -0.05) is 12.1 Å². The fourth-order valence-electron chi connectivity index (χ4n) is 1.46. The normalized spacial score (nSPS) is 9.79. The third kappa shape index (κ3) is 4.97. The summed E-state index contributed by atoms with van der Waals surface area (Å²) in [6, 6.07) is 6.86. The molecule has 0 spiro atoms. The summed E-state index contributed by atoms with van der Waals surface area (Å²) < 4.78 is 9.49. The van der Waals surface area contributed by atoms with Gasteiger partial charge in [0.2, 0.25) is 5.91 Å². The molecule has 0 aromatic heterocycles. The average Bonchev–Trinajstić information content (AvgIpc) is 2.45. The van der Waals surface area contributed by atoms with Crippen molar-refractivity contribution in [3.63, 3.8) is 0 Å². The molecule has 104 valence electrons. The molecule has 0 heterocycles. The van der Waals surface area contributed by atoms with E-state index in [-0.39, 0.29) is 12.5 Å². The Morgan fingerprint density at radius 1 is 1.21 bits per heavy atom. The van der Waals surface area contributed by atoms with E-state index < -0.39 is 5.97 Å². The minimum absolute atomic E-state index is 0.0811. The van der Waals surface area contributed by atoms with Crippen LogP contribution in [-0.2, 0) is 14.3 Å². The van der Waals surface area contributed by atoms with Crippen molar-refractivity contribution in [2.24, 2.45) is 0 Å². The summed E-state index contributed by atoms with van der Waals surface area (Å²) in [7, 11) is 2.88. The zero-order valence-electron chi connectivity index (χ0n) is 11.1. The SMILES string of the molecule is COCCNC(=O)CNc1ccccc1C(=O)OC. The predicted molar refractivity (Wildman–Crippen MR) is 71.2 cm³/mol. The van der Waals surface area contributed by atoms with E-state index >= 15 is 0 Å². The molecule has 2 N–H and O–H groups in total. The smallest absolute Gasteiger partial charge is 0.339 e. The summed E-state index contributed by atoms with van der Waals surface area (Å²) in [6.07, 6.45) is 0. The van der Waals surface area contributed by atoms with Gasteiger partial charge in [0, 0.05) is 19.3 Å². The number of anilines is 1. The number of para-hydroxylation sites is 1. The second kappa shape index (κ2) is 8.10. The van der Waals surface area contributed by atoms with E-state index in [4.69, 9.17) is 4.74 Å². The maximum atomic E-state index is 11.5. The fourth-order valence-corrected chi connectivity index (χ4v) is 1.46. The molecule has 0 bridgehead atoms. The van der Waals surface area contributed by atoms with Gasteiger partial charge >= 0.3 is 5.97 Å². The first-order valence-electron chi connectivity index (χ1n) is 5.86. The maximum absolute atomic E-state index is 11.5. The second-order valence-corrected chi connectivity index (χ2v) is 3.73. The number of amides is 1. The fraction of sp³-hybridized carbons (Fsp3) is 0.385. The van der Waals surface area contributed by atoms with E-state index in [1.807, 2.05) is 0 Å². The van der Waals surface area contributed by atoms with Crippen LogP contribution in [0.5, 0.6) is 0 Å². The summed E-state index contributed by atoms with van der Waals surface area (Å²) in [6.45, 7) is 0.998. The van der Waals surface area contributed by atoms with Crippen LogP contribution in [0.4, 0.5) is 5.69 Å². The topological polar surface area (TPSA) is 76.7 Å². The first-order valence-corrected chi connectivity index (χ1v) is 5.86. The van der Waals surface area contributed by atoms with Crippen LogP contribution in [0.25, 0.3) is 0 Å². The molecule has 19 heavy (non-hydrogen) atoms. The van der Waals surface area contributed by atoms with Gasteiger partial charge in [0.25, 0.3) is 0 Å². The van der Waals surface area contributed by atoms with Crippen molar-refractivity contribution in [3.05, 3.63) is 29.8 Å². The van der Waals surface area contributed by atoms with Crippen molar-refractivity contribution in [1.29, 1.82) is 0 Å². The Morgan fingerprint density at radius 3 is 2.63 bits per heavy atom. The maximum Gasteiger partial charge on any atom is 0.339 e. The highest BCUT2D eigenvalue weighted by atomic mass is 16.5. The van der Waals surface area contributed by atoms with Gasteiger partial charge in [-0.05, 0) is 12.1 Å². The molecule has 0 saturated heterocycles. The summed E-state index contributed by atoms with van der Waals surface area (Å²) in [5.41, 5.74) is 0.964. The van der Waals surface area contributed by atoms with Crippen molar-refractivity contribution in [3.8, 4) is 0 Å². The molecule has 6 heteroatoms. The van der Waals surface area contributed by atoms with Crippen LogP contribution in [0.3, 0.4) is 0 Å². The number of benzene rings is 1. The highest BCUT2D eigenvalue weighted by Gasteiger charge is 2.11. The van der Waals surface area contributed by atoms with E-state index in [1.165, 1.54) is 7.11 Å². The Hall–Kier alpha value is -2.08. The first-order chi connectivity index (χ1) is 9.19. The first kappa shape index (κ1) is 15.0. The third-order valence-corrected chi connectivity index (χ3v) is 2.40. The highest BCUT2D eigenvalue weighted by molar-refractivity contribution is 5.96. The monoisotopic (exact) mass is 266 g/mol. The van der Waals surface area contributed by atoms with Crippen molar-refractivity contribution in [1.82, 2.24) is 5.32 Å². The molecular weight excluding hydrogens is 248 g/mol. The number of rotatable bonds is 7. The Bertz CT molecular complexity index is 434. The molecule has 0 fully saturated rings. The highest BCUT2D eigenvalue weighted by Crippen LogP contribution is 2.15. The molecule has 0 atom stereocenters. The van der Waals surface area contributed by atoms with Crippen molar-refractivity contribution in [2.45, 2.75) is 0 Å². The van der Waals surface area contributed by atoms with Crippen LogP contribution in [-0.4, -0.2) is 45.8 Å². The van der Waals surface area contributed by atoms with Gasteiger partial charge in [-0.25, -0.2) is 4.79 Å². The number of carbonyl (C=O) groups is 2. The Labute approximate surface area is 112 Å². The Kier molecular flexibility index (Phi) is 6.38. The minimum Gasteiger partial charge on any atom is -0.465 e. The average molecular weight is 266 g/mol. The van der Waals surface area contributed by atoms with Crippen LogP contribution < -0.4 is 10.6 Å². The zero-order chi connectivity index (χ0) is 14.1. The Balaban J connectivity index is 2.53. The van der Waals surface area contributed by atoms with Crippen molar-refractivity contribution in [2.75, 3.05) is 39.2 Å². The van der Waals surface area contributed by atoms with E-state index in [0.29, 0.717) is 24.4 Å². The van der Waals surface area contributed by atoms with Crippen molar-refractivity contribution < 1.29 is 19.1 Å². The molecular formula is C13H18N2O4. The number of nitrogens with one attached hydrogen (secondary N) is 2. The van der Waals surface area contributed by atoms with Gasteiger partial charge in [-0.3, -0.25) is 4.79 Å². The summed E-state index contributed by atoms with van der Waals surface area (Å²) in [4.78, 5) is 23.0. The van der Waals surface area contributed by atoms with Crippen LogP contribution >= 0.6 is 0 Å². The summed E-state index contributed by atoms with van der Waals surface area (Å²) >= 11 is 0. The Morgan fingerprint density at radius 2 is 1.95 bits per heavy atom. The number of ether oxygens (including phenoxy) is 2. The van der Waals surface area contributed by atoms with E-state index in [2.05, 4.69) is 15.4 Å². The molecule has 0 aliphatic carbocycles. The lowest BCUT2D eigenvalue weighted by Gasteiger charge is -2.10. The lowest BCUT2D eigenvalue weighted by molar-refractivity contribution is -0.119. The predicted octanol–water partition coefficient (Wildman–Crippen LogP) is 0.648. The summed E-state index contributed by atoms with van der Waals surface area (Å²) in [5.74, 6) is -0.611. The molecule has 1 amide bonds. The van der Waals surface area contributed by atoms with Crippen LogP contribution in [0.2, 0.25) is 0 Å². The molecule has 0 aliphatic rings. The second-order valence-electron chi connectivity index (χ2n) is 3.73. The molecule has 1 rings (SSSR count). The zero-order valence-corrected chi connectivity index (χ0v) is 11.1. The van der Waals surface area contributed by atoms with Gasteiger partial charge in [-0.15, -0.1) is 0 Å². The van der Waals surface area contributed by atoms with E-state index in [9.17, 15) is 9.59 Å². The standard InChI is InChI=1S/C13H18N2O4/c1-18-8-7-14-12(16)9-15-11-6-4-3-5-10(11)13(17)19-2/h3-6,15H,7-9H2,1-2H3,(H,14,16). The lowest BCUT2D eigenvalue weighted by atomic mass is 10.2. The number of carbonyl (C=O) groups excluding carboxylic acids is 2. The van der Waals surface area contributed by atoms with E-state index in [1.54, 1.807) is 31.4 Å². The molecule has 0 saturated carbocycles. The largest absolute Gasteiger partial charge is 0.465 e. The number of methoxy groups -OCH3 is 2. The van der Waals surface area contributed by atoms with Gasteiger partial charge in [0.1, 0.15) is 0 Å². The number of hydrogen-bond donors (Lipinski definition) is 2. The van der Waals surface area contributed by atoms with Gasteiger partial charge in [0.05, 0.1) is 25.8 Å². The van der Waals surface area contributed by atoms with Gasteiger partial charge < -0.3 is 20.1 Å². The van der Waals surface area contributed by atoms with Gasteiger partial charge in [-0.2, -0.15) is 0 Å². The molecule has 1 aromatic carbocycles. The number of hydrogen-bond acceptors (Lipinski definition) is 5. The molecule has 6 nitrogen and oxygen atoms in total.